The molecular formula is C16H13Cl4NO2. The van der Waals surface area contributed by atoms with Crippen molar-refractivity contribution >= 4 is 52.3 Å². The third-order valence-electron chi connectivity index (χ3n) is 3.06. The second kappa shape index (κ2) is 8.11. The Hall–Kier alpha value is -1.13. The van der Waals surface area contributed by atoms with Crippen LogP contribution in [0.1, 0.15) is 18.5 Å². The summed E-state index contributed by atoms with van der Waals surface area (Å²) in [5, 5.41) is 4.67. The molecule has 2 rings (SSSR count). The second-order valence-electron chi connectivity index (χ2n) is 4.82. The zero-order chi connectivity index (χ0) is 17.0. The Morgan fingerprint density at radius 2 is 1.65 bits per heavy atom. The molecule has 0 unspecified atom stereocenters. The molecule has 3 nitrogen and oxygen atoms in total. The van der Waals surface area contributed by atoms with Gasteiger partial charge in [-0.15, -0.1) is 0 Å². The quantitative estimate of drug-likeness (QED) is 0.723. The van der Waals surface area contributed by atoms with Gasteiger partial charge < -0.3 is 10.1 Å². The zero-order valence-electron chi connectivity index (χ0n) is 12.1. The molecule has 7 heteroatoms. The minimum atomic E-state index is -0.297. The first-order chi connectivity index (χ1) is 10.9. The monoisotopic (exact) mass is 391 g/mol. The van der Waals surface area contributed by atoms with Gasteiger partial charge in [0.15, 0.2) is 6.61 Å². The Labute approximate surface area is 154 Å². The van der Waals surface area contributed by atoms with Crippen LogP contribution in [0.4, 0.5) is 0 Å². The molecule has 0 bridgehead atoms. The van der Waals surface area contributed by atoms with Gasteiger partial charge in [-0.05, 0) is 42.8 Å². The Balaban J connectivity index is 1.93. The summed E-state index contributed by atoms with van der Waals surface area (Å²) in [6.45, 7) is 1.65. The van der Waals surface area contributed by atoms with Crippen molar-refractivity contribution in [2.24, 2.45) is 0 Å². The number of amides is 1. The van der Waals surface area contributed by atoms with E-state index in [-0.39, 0.29) is 18.6 Å². The van der Waals surface area contributed by atoms with Gasteiger partial charge in [-0.1, -0.05) is 52.5 Å². The summed E-state index contributed by atoms with van der Waals surface area (Å²) in [7, 11) is 0. The van der Waals surface area contributed by atoms with Gasteiger partial charge in [0.2, 0.25) is 0 Å². The zero-order valence-corrected chi connectivity index (χ0v) is 15.1. The number of hydrogen-bond donors (Lipinski definition) is 1. The summed E-state index contributed by atoms with van der Waals surface area (Å²) in [6.07, 6.45) is 0. The van der Waals surface area contributed by atoms with E-state index in [2.05, 4.69) is 5.32 Å². The van der Waals surface area contributed by atoms with Crippen LogP contribution in [-0.4, -0.2) is 12.5 Å². The van der Waals surface area contributed by atoms with Gasteiger partial charge in [0.1, 0.15) is 5.75 Å². The van der Waals surface area contributed by atoms with Crippen molar-refractivity contribution in [1.82, 2.24) is 5.32 Å². The third-order valence-corrected chi connectivity index (χ3v) is 4.15. The molecular weight excluding hydrogens is 380 g/mol. The highest BCUT2D eigenvalue weighted by molar-refractivity contribution is 6.35. The Kier molecular flexibility index (Phi) is 6.42. The molecule has 0 spiro atoms. The summed E-state index contributed by atoms with van der Waals surface area (Å²) in [5.74, 6) is 0.0953. The minimum absolute atomic E-state index is 0.170. The van der Waals surface area contributed by atoms with Crippen molar-refractivity contribution in [1.29, 1.82) is 0 Å². The van der Waals surface area contributed by atoms with Crippen LogP contribution in [0.15, 0.2) is 36.4 Å². The first-order valence-corrected chi connectivity index (χ1v) is 8.20. The lowest BCUT2D eigenvalue weighted by Gasteiger charge is -2.16. The lowest BCUT2D eigenvalue weighted by atomic mass is 10.1. The molecule has 2 aromatic rings. The normalized spacial score (nSPS) is 11.9. The summed E-state index contributed by atoms with van der Waals surface area (Å²) in [6, 6.07) is 9.63. The van der Waals surface area contributed by atoms with Crippen LogP contribution in [0.3, 0.4) is 0 Å². The van der Waals surface area contributed by atoms with Gasteiger partial charge >= 0.3 is 0 Å². The number of hydrogen-bond acceptors (Lipinski definition) is 2. The summed E-state index contributed by atoms with van der Waals surface area (Å²) < 4.78 is 5.38. The largest absolute Gasteiger partial charge is 0.482 e. The minimum Gasteiger partial charge on any atom is -0.482 e. The Bertz CT molecular complexity index is 721. The van der Waals surface area contributed by atoms with Crippen LogP contribution < -0.4 is 10.1 Å². The number of carbonyl (C=O) groups is 1. The van der Waals surface area contributed by atoms with Crippen LogP contribution in [0.2, 0.25) is 20.1 Å². The first kappa shape index (κ1) is 18.2. The first-order valence-electron chi connectivity index (χ1n) is 6.69. The molecule has 2 aromatic carbocycles. The summed E-state index contributed by atoms with van der Waals surface area (Å²) >= 11 is 23.8. The van der Waals surface area contributed by atoms with Crippen molar-refractivity contribution in [3.05, 3.63) is 62.1 Å². The predicted octanol–water partition coefficient (Wildman–Crippen LogP) is 5.56. The molecule has 1 N–H and O–H groups in total. The van der Waals surface area contributed by atoms with Gasteiger partial charge in [0.05, 0.1) is 11.1 Å². The lowest BCUT2D eigenvalue weighted by molar-refractivity contribution is -0.123. The standard InChI is InChI=1S/C16H13Cl4NO2/c1-9(12-4-2-10(17)6-13(12)19)21-16(22)8-23-15-5-3-11(18)7-14(15)20/h2-7,9H,8H2,1H3,(H,21,22)/t9-/m0/s1. The van der Waals surface area contributed by atoms with Crippen molar-refractivity contribution < 1.29 is 9.53 Å². The number of halogens is 4. The van der Waals surface area contributed by atoms with E-state index in [1.807, 2.05) is 6.92 Å². The van der Waals surface area contributed by atoms with E-state index in [0.717, 1.165) is 5.56 Å². The molecule has 0 radical (unpaired) electrons. The maximum atomic E-state index is 12.0. The number of nitrogens with one attached hydrogen (secondary N) is 1. The highest BCUT2D eigenvalue weighted by Gasteiger charge is 2.14. The lowest BCUT2D eigenvalue weighted by Crippen LogP contribution is -2.31. The van der Waals surface area contributed by atoms with Gasteiger partial charge in [-0.2, -0.15) is 0 Å². The smallest absolute Gasteiger partial charge is 0.258 e. The molecule has 1 atom stereocenters. The molecule has 0 aliphatic heterocycles. The average molecular weight is 393 g/mol. The average Bonchev–Trinajstić information content (AvgIpc) is 2.46. The molecule has 23 heavy (non-hydrogen) atoms. The van der Waals surface area contributed by atoms with E-state index in [1.54, 1.807) is 36.4 Å². The fraction of sp³-hybridized carbons (Fsp3) is 0.188. The van der Waals surface area contributed by atoms with Crippen LogP contribution in [0.5, 0.6) is 5.75 Å². The second-order valence-corrected chi connectivity index (χ2v) is 6.51. The van der Waals surface area contributed by atoms with Gasteiger partial charge in [-0.3, -0.25) is 4.79 Å². The molecule has 0 saturated carbocycles. The number of benzene rings is 2. The van der Waals surface area contributed by atoms with Crippen molar-refractivity contribution in [3.63, 3.8) is 0 Å². The van der Waals surface area contributed by atoms with Crippen LogP contribution in [-0.2, 0) is 4.79 Å². The maximum absolute atomic E-state index is 12.0. The summed E-state index contributed by atoms with van der Waals surface area (Å²) in [5.41, 5.74) is 0.772. The highest BCUT2D eigenvalue weighted by Crippen LogP contribution is 2.28. The molecule has 122 valence electrons. The molecule has 0 aliphatic carbocycles. The van der Waals surface area contributed by atoms with Crippen LogP contribution in [0, 0.1) is 0 Å². The number of rotatable bonds is 5. The highest BCUT2D eigenvalue weighted by atomic mass is 35.5. The van der Waals surface area contributed by atoms with E-state index in [0.29, 0.717) is 25.8 Å². The van der Waals surface area contributed by atoms with E-state index >= 15 is 0 Å². The molecule has 0 saturated heterocycles. The molecule has 0 aromatic heterocycles. The van der Waals surface area contributed by atoms with E-state index in [4.69, 9.17) is 51.1 Å². The molecule has 1 amide bonds. The van der Waals surface area contributed by atoms with Crippen LogP contribution >= 0.6 is 46.4 Å². The molecule has 0 heterocycles. The Morgan fingerprint density at radius 1 is 1.04 bits per heavy atom. The van der Waals surface area contributed by atoms with Gasteiger partial charge in [0, 0.05) is 15.1 Å². The summed E-state index contributed by atoms with van der Waals surface area (Å²) in [4.78, 5) is 12.0. The number of carbonyl (C=O) groups excluding carboxylic acids is 1. The topological polar surface area (TPSA) is 38.3 Å². The van der Waals surface area contributed by atoms with E-state index < -0.39 is 0 Å². The fourth-order valence-electron chi connectivity index (χ4n) is 1.95. The van der Waals surface area contributed by atoms with Crippen molar-refractivity contribution in [3.8, 4) is 5.75 Å². The Morgan fingerprint density at radius 3 is 2.26 bits per heavy atom. The molecule has 0 aliphatic rings. The fourth-order valence-corrected chi connectivity index (χ4v) is 2.98. The van der Waals surface area contributed by atoms with Gasteiger partial charge in [0.25, 0.3) is 5.91 Å². The van der Waals surface area contributed by atoms with E-state index in [1.165, 1.54) is 0 Å². The third kappa shape index (κ3) is 5.18. The SMILES string of the molecule is C[C@H](NC(=O)COc1ccc(Cl)cc1Cl)c1ccc(Cl)cc1Cl. The molecule has 0 fully saturated rings. The van der Waals surface area contributed by atoms with Crippen molar-refractivity contribution in [2.45, 2.75) is 13.0 Å². The predicted molar refractivity (Wildman–Crippen MR) is 95.0 cm³/mol. The van der Waals surface area contributed by atoms with Crippen molar-refractivity contribution in [2.75, 3.05) is 6.61 Å². The van der Waals surface area contributed by atoms with Crippen LogP contribution in [0.25, 0.3) is 0 Å². The maximum Gasteiger partial charge on any atom is 0.258 e. The number of ether oxygens (including phenoxy) is 1. The van der Waals surface area contributed by atoms with Gasteiger partial charge in [-0.25, -0.2) is 0 Å². The van der Waals surface area contributed by atoms with E-state index in [9.17, 15) is 4.79 Å².